The Labute approximate surface area is 82.3 Å². The van der Waals surface area contributed by atoms with E-state index in [2.05, 4.69) is 9.72 Å². The van der Waals surface area contributed by atoms with Crippen molar-refractivity contribution in [1.29, 1.82) is 0 Å². The number of carboxylic acids is 1. The Morgan fingerprint density at radius 3 is 2.73 bits per heavy atom. The highest BCUT2D eigenvalue weighted by molar-refractivity contribution is 5.69. The van der Waals surface area contributed by atoms with Crippen LogP contribution in [0.1, 0.15) is 5.69 Å². The Morgan fingerprint density at radius 1 is 1.53 bits per heavy atom. The quantitative estimate of drug-likeness (QED) is 0.842. The predicted molar refractivity (Wildman–Crippen MR) is 42.3 cm³/mol. The number of halogens is 3. The van der Waals surface area contributed by atoms with Gasteiger partial charge in [-0.25, -0.2) is 0 Å². The van der Waals surface area contributed by atoms with Crippen LogP contribution in [0.3, 0.4) is 0 Å². The minimum Gasteiger partial charge on any atom is -0.481 e. The van der Waals surface area contributed by atoms with E-state index in [1.807, 2.05) is 0 Å². The van der Waals surface area contributed by atoms with E-state index in [1.165, 1.54) is 0 Å². The summed E-state index contributed by atoms with van der Waals surface area (Å²) in [6.07, 6.45) is -4.18. The van der Waals surface area contributed by atoms with Crippen LogP contribution in [0.15, 0.2) is 18.3 Å². The Morgan fingerprint density at radius 2 is 2.20 bits per heavy atom. The molecule has 1 N–H and O–H groups in total. The number of ether oxygens (including phenoxy) is 1. The van der Waals surface area contributed by atoms with E-state index in [1.54, 1.807) is 0 Å². The number of hydrogen-bond acceptors (Lipinski definition) is 3. The number of rotatable bonds is 3. The first-order chi connectivity index (χ1) is 6.87. The molecular weight excluding hydrogens is 215 g/mol. The molecule has 1 aromatic heterocycles. The Balaban J connectivity index is 2.79. The van der Waals surface area contributed by atoms with Crippen molar-refractivity contribution in [3.63, 3.8) is 0 Å². The van der Waals surface area contributed by atoms with Gasteiger partial charge in [-0.15, -0.1) is 13.2 Å². The molecule has 1 heterocycles. The van der Waals surface area contributed by atoms with Crippen LogP contribution in [0.25, 0.3) is 0 Å². The summed E-state index contributed by atoms with van der Waals surface area (Å²) >= 11 is 0. The van der Waals surface area contributed by atoms with E-state index in [4.69, 9.17) is 5.11 Å². The maximum Gasteiger partial charge on any atom is 0.573 e. The first-order valence-corrected chi connectivity index (χ1v) is 3.79. The fourth-order valence-corrected chi connectivity index (χ4v) is 0.905. The molecule has 0 bridgehead atoms. The summed E-state index contributed by atoms with van der Waals surface area (Å²) in [5.41, 5.74) is 0.00394. The standard InChI is InChI=1S/C8H6F3NO3/c9-8(10,11)15-6-1-2-12-5(3-6)4-7(13)14/h1-3H,4H2,(H,13,14). The van der Waals surface area contributed by atoms with Gasteiger partial charge in [-0.1, -0.05) is 0 Å². The molecule has 15 heavy (non-hydrogen) atoms. The number of alkyl halides is 3. The lowest BCUT2D eigenvalue weighted by molar-refractivity contribution is -0.274. The summed E-state index contributed by atoms with van der Waals surface area (Å²) in [6, 6.07) is 1.93. The lowest BCUT2D eigenvalue weighted by Gasteiger charge is -2.08. The molecule has 1 rings (SSSR count). The molecule has 0 radical (unpaired) electrons. The van der Waals surface area contributed by atoms with Gasteiger partial charge in [-0.2, -0.15) is 0 Å². The highest BCUT2D eigenvalue weighted by Crippen LogP contribution is 2.22. The van der Waals surface area contributed by atoms with Gasteiger partial charge in [0.2, 0.25) is 0 Å². The molecule has 0 unspecified atom stereocenters. The molecular formula is C8H6F3NO3. The molecule has 0 amide bonds. The summed E-state index contributed by atoms with van der Waals surface area (Å²) < 4.78 is 38.9. The molecule has 0 saturated heterocycles. The molecule has 0 aliphatic rings. The summed E-state index contributed by atoms with van der Waals surface area (Å²) in [6.45, 7) is 0. The van der Waals surface area contributed by atoms with Crippen molar-refractivity contribution in [1.82, 2.24) is 4.98 Å². The molecule has 0 aliphatic carbocycles. The zero-order valence-corrected chi connectivity index (χ0v) is 7.28. The van der Waals surface area contributed by atoms with Gasteiger partial charge in [0.15, 0.2) is 0 Å². The van der Waals surface area contributed by atoms with Gasteiger partial charge < -0.3 is 9.84 Å². The molecule has 0 aromatic carbocycles. The SMILES string of the molecule is O=C(O)Cc1cc(OC(F)(F)F)ccn1. The summed E-state index contributed by atoms with van der Waals surface area (Å²) in [5.74, 6) is -1.65. The highest BCUT2D eigenvalue weighted by Gasteiger charge is 2.31. The zero-order valence-electron chi connectivity index (χ0n) is 7.28. The Kier molecular flexibility index (Phi) is 3.13. The van der Waals surface area contributed by atoms with E-state index >= 15 is 0 Å². The topological polar surface area (TPSA) is 59.4 Å². The average molecular weight is 221 g/mol. The third-order valence-corrected chi connectivity index (χ3v) is 1.35. The third-order valence-electron chi connectivity index (χ3n) is 1.35. The largest absolute Gasteiger partial charge is 0.573 e. The minimum atomic E-state index is -4.79. The highest BCUT2D eigenvalue weighted by atomic mass is 19.4. The van der Waals surface area contributed by atoms with Crippen molar-refractivity contribution in [2.24, 2.45) is 0 Å². The number of pyridine rings is 1. The third kappa shape index (κ3) is 4.30. The molecule has 0 aliphatic heterocycles. The second-order valence-electron chi connectivity index (χ2n) is 2.60. The van der Waals surface area contributed by atoms with Crippen LogP contribution < -0.4 is 4.74 Å². The van der Waals surface area contributed by atoms with Crippen LogP contribution in [0.2, 0.25) is 0 Å². The minimum absolute atomic E-state index is 0.00394. The number of carboxylic acid groups (broad SMARTS) is 1. The van der Waals surface area contributed by atoms with Crippen LogP contribution in [-0.2, 0) is 11.2 Å². The van der Waals surface area contributed by atoms with Gasteiger partial charge in [0, 0.05) is 12.3 Å². The van der Waals surface area contributed by atoms with Gasteiger partial charge >= 0.3 is 12.3 Å². The number of nitrogens with zero attached hydrogens (tertiary/aromatic N) is 1. The smallest absolute Gasteiger partial charge is 0.481 e. The Bertz CT molecular complexity index is 364. The number of carbonyl (C=O) groups is 1. The fraction of sp³-hybridized carbons (Fsp3) is 0.250. The molecule has 1 aromatic rings. The van der Waals surface area contributed by atoms with Gasteiger partial charge in [-0.05, 0) is 6.07 Å². The molecule has 0 atom stereocenters. The summed E-state index contributed by atoms with van der Waals surface area (Å²) in [4.78, 5) is 13.8. The first-order valence-electron chi connectivity index (χ1n) is 3.79. The summed E-state index contributed by atoms with van der Waals surface area (Å²) in [5, 5.41) is 8.39. The van der Waals surface area contributed by atoms with E-state index in [0.29, 0.717) is 0 Å². The molecule has 0 fully saturated rings. The van der Waals surface area contributed by atoms with Crippen LogP contribution in [0, 0.1) is 0 Å². The van der Waals surface area contributed by atoms with Crippen molar-refractivity contribution in [3.05, 3.63) is 24.0 Å². The Hall–Kier alpha value is -1.79. The molecule has 0 saturated carbocycles. The number of aromatic nitrogens is 1. The van der Waals surface area contributed by atoms with E-state index < -0.39 is 24.5 Å². The zero-order chi connectivity index (χ0) is 11.5. The lowest BCUT2D eigenvalue weighted by Crippen LogP contribution is -2.17. The first kappa shape index (κ1) is 11.3. The molecule has 7 heteroatoms. The van der Waals surface area contributed by atoms with Crippen LogP contribution >= 0.6 is 0 Å². The normalized spacial score (nSPS) is 11.1. The van der Waals surface area contributed by atoms with E-state index in [-0.39, 0.29) is 5.69 Å². The maximum atomic E-state index is 11.8. The van der Waals surface area contributed by atoms with Crippen molar-refractivity contribution in [2.75, 3.05) is 0 Å². The van der Waals surface area contributed by atoms with Gasteiger partial charge in [0.25, 0.3) is 0 Å². The lowest BCUT2D eigenvalue weighted by atomic mass is 10.2. The van der Waals surface area contributed by atoms with Crippen LogP contribution in [0.5, 0.6) is 5.75 Å². The average Bonchev–Trinajstić information content (AvgIpc) is 1.99. The molecule has 4 nitrogen and oxygen atoms in total. The monoisotopic (exact) mass is 221 g/mol. The second kappa shape index (κ2) is 4.16. The van der Waals surface area contributed by atoms with Crippen LogP contribution in [-0.4, -0.2) is 22.4 Å². The van der Waals surface area contributed by atoms with Gasteiger partial charge in [-0.3, -0.25) is 9.78 Å². The van der Waals surface area contributed by atoms with Gasteiger partial charge in [0.1, 0.15) is 5.75 Å². The van der Waals surface area contributed by atoms with Crippen LogP contribution in [0.4, 0.5) is 13.2 Å². The number of hydrogen-bond donors (Lipinski definition) is 1. The van der Waals surface area contributed by atoms with Crippen molar-refractivity contribution in [2.45, 2.75) is 12.8 Å². The van der Waals surface area contributed by atoms with Crippen molar-refractivity contribution < 1.29 is 27.8 Å². The van der Waals surface area contributed by atoms with Crippen molar-refractivity contribution in [3.8, 4) is 5.75 Å². The van der Waals surface area contributed by atoms with Gasteiger partial charge in [0.05, 0.1) is 12.1 Å². The fourth-order valence-electron chi connectivity index (χ4n) is 0.905. The second-order valence-corrected chi connectivity index (χ2v) is 2.60. The van der Waals surface area contributed by atoms with E-state index in [0.717, 1.165) is 18.3 Å². The number of aliphatic carboxylic acids is 1. The molecule has 0 spiro atoms. The van der Waals surface area contributed by atoms with E-state index in [9.17, 15) is 18.0 Å². The molecule has 82 valence electrons. The summed E-state index contributed by atoms with van der Waals surface area (Å²) in [7, 11) is 0. The predicted octanol–water partition coefficient (Wildman–Crippen LogP) is 1.61. The van der Waals surface area contributed by atoms with Crippen molar-refractivity contribution >= 4 is 5.97 Å². The maximum absolute atomic E-state index is 11.8.